The number of fused-ring (bicyclic) bond motifs is 15. The molecule has 16 rings (SSSR count). The molecule has 0 amide bonds. The Labute approximate surface area is 372 Å². The number of para-hydroxylation sites is 2. The van der Waals surface area contributed by atoms with Crippen LogP contribution in [0.4, 0.5) is 0 Å². The molecule has 2 heterocycles. The third-order valence-electron chi connectivity index (χ3n) is 17.7. The fraction of sp³-hybridized carbons (Fsp3) is 0.161. The molecule has 4 saturated carbocycles. The lowest BCUT2D eigenvalue weighted by molar-refractivity contribution is 0.0380. The molecule has 6 unspecified atom stereocenters. The SMILES string of the molecule is c1ccc(-c2ccc(-n3c4ccccc4c4cc(-c5ccc6c(c5)c5ccccc5n6-c5ccc6c(c5)C5(c7ccccc7-6)C6CC7CC78CC5C8C6)ccc43)c3ccccc23)cc1. The summed E-state index contributed by atoms with van der Waals surface area (Å²) in [6.07, 6.45) is 5.81. The van der Waals surface area contributed by atoms with Gasteiger partial charge in [0.2, 0.25) is 0 Å². The molecule has 2 nitrogen and oxygen atoms in total. The largest absolute Gasteiger partial charge is 0.309 e. The lowest BCUT2D eigenvalue weighted by Gasteiger charge is -2.49. The standard InChI is InChI=1S/C62H44N2/c1-2-12-37(13-3-1)43-26-29-58(47-16-5-4-14-44(43)47)64-57-21-11-8-18-49(57)51-31-39(23-28-60(51)64)38-22-27-59-50(30-38)48-17-7-10-20-56(48)63(59)42-24-25-46-45-15-6-9-19-52(45)62(53(46)34-42)40-32-41-35-61(41)36-55(62)54(61)33-40/h1-31,34,40-41,54-55H,32-33,35-36H2. The van der Waals surface area contributed by atoms with Crippen molar-refractivity contribution in [2.45, 2.75) is 31.1 Å². The first-order valence-corrected chi connectivity index (χ1v) is 23.6. The van der Waals surface area contributed by atoms with Crippen molar-refractivity contribution < 1.29 is 0 Å². The van der Waals surface area contributed by atoms with Crippen molar-refractivity contribution in [3.05, 3.63) is 205 Å². The molecular formula is C62H44N2. The van der Waals surface area contributed by atoms with Crippen LogP contribution in [0.15, 0.2) is 194 Å². The molecule has 0 aliphatic heterocycles. The van der Waals surface area contributed by atoms with Gasteiger partial charge in [-0.1, -0.05) is 140 Å². The average molecular weight is 817 g/mol. The average Bonchev–Trinajstić information content (AvgIpc) is 3.70. The van der Waals surface area contributed by atoms with Crippen molar-refractivity contribution in [3.63, 3.8) is 0 Å². The summed E-state index contributed by atoms with van der Waals surface area (Å²) in [4.78, 5) is 0. The minimum Gasteiger partial charge on any atom is -0.309 e. The summed E-state index contributed by atoms with van der Waals surface area (Å²) < 4.78 is 5.04. The van der Waals surface area contributed by atoms with Gasteiger partial charge in [-0.05, 0) is 159 Å². The molecule has 2 bridgehead atoms. The van der Waals surface area contributed by atoms with Gasteiger partial charge in [0.1, 0.15) is 0 Å². The Kier molecular flexibility index (Phi) is 6.38. The van der Waals surface area contributed by atoms with Crippen LogP contribution in [0.25, 0.3) is 99.1 Å². The Morgan fingerprint density at radius 2 is 0.969 bits per heavy atom. The highest BCUT2D eigenvalue weighted by molar-refractivity contribution is 6.14. The van der Waals surface area contributed by atoms with E-state index in [4.69, 9.17) is 0 Å². The predicted molar refractivity (Wildman–Crippen MR) is 265 cm³/mol. The maximum atomic E-state index is 2.65. The highest BCUT2D eigenvalue weighted by Crippen LogP contribution is 2.86. The summed E-state index contributed by atoms with van der Waals surface area (Å²) >= 11 is 0. The van der Waals surface area contributed by atoms with Crippen LogP contribution in [0.2, 0.25) is 0 Å². The number of hydrogen-bond acceptors (Lipinski definition) is 0. The molecule has 9 aromatic carbocycles. The highest BCUT2D eigenvalue weighted by Gasteiger charge is 2.80. The van der Waals surface area contributed by atoms with E-state index in [1.165, 1.54) is 125 Å². The van der Waals surface area contributed by atoms with E-state index in [1.807, 2.05) is 0 Å². The number of hydrogen-bond donors (Lipinski definition) is 0. The molecule has 5 aliphatic rings. The molecule has 11 aromatic rings. The van der Waals surface area contributed by atoms with E-state index in [1.54, 1.807) is 11.1 Å². The summed E-state index contributed by atoms with van der Waals surface area (Å²) in [5, 5.41) is 7.66. The van der Waals surface area contributed by atoms with Gasteiger partial charge in [0.05, 0.1) is 27.8 Å². The zero-order chi connectivity index (χ0) is 41.5. The Morgan fingerprint density at radius 1 is 0.359 bits per heavy atom. The zero-order valence-electron chi connectivity index (χ0n) is 35.5. The lowest BCUT2D eigenvalue weighted by Crippen LogP contribution is -2.45. The number of aromatic nitrogens is 2. The minimum atomic E-state index is 0.164. The van der Waals surface area contributed by atoms with Crippen molar-refractivity contribution in [3.8, 4) is 44.8 Å². The fourth-order valence-corrected chi connectivity index (χ4v) is 15.2. The van der Waals surface area contributed by atoms with Gasteiger partial charge in [-0.15, -0.1) is 0 Å². The van der Waals surface area contributed by atoms with Crippen molar-refractivity contribution in [1.82, 2.24) is 9.13 Å². The van der Waals surface area contributed by atoms with Crippen LogP contribution in [0.3, 0.4) is 0 Å². The van der Waals surface area contributed by atoms with E-state index in [0.29, 0.717) is 5.41 Å². The fourth-order valence-electron chi connectivity index (χ4n) is 15.2. The summed E-state index contributed by atoms with van der Waals surface area (Å²) in [6.45, 7) is 0. The smallest absolute Gasteiger partial charge is 0.0541 e. The van der Waals surface area contributed by atoms with Crippen LogP contribution < -0.4 is 0 Å². The van der Waals surface area contributed by atoms with Crippen molar-refractivity contribution in [2.24, 2.45) is 29.1 Å². The van der Waals surface area contributed by atoms with Crippen molar-refractivity contribution >= 4 is 54.4 Å². The van der Waals surface area contributed by atoms with Gasteiger partial charge in [0.25, 0.3) is 0 Å². The molecule has 2 spiro atoms. The van der Waals surface area contributed by atoms with Gasteiger partial charge in [0, 0.05) is 38.0 Å². The van der Waals surface area contributed by atoms with Crippen molar-refractivity contribution in [1.29, 1.82) is 0 Å². The quantitative estimate of drug-likeness (QED) is 0.167. The van der Waals surface area contributed by atoms with Gasteiger partial charge in [-0.2, -0.15) is 0 Å². The summed E-state index contributed by atoms with van der Waals surface area (Å²) in [5.74, 6) is 3.45. The van der Waals surface area contributed by atoms with Gasteiger partial charge >= 0.3 is 0 Å². The van der Waals surface area contributed by atoms with Crippen LogP contribution in [0.5, 0.6) is 0 Å². The van der Waals surface area contributed by atoms with E-state index in [-0.39, 0.29) is 5.41 Å². The first-order valence-electron chi connectivity index (χ1n) is 23.6. The Morgan fingerprint density at radius 3 is 1.75 bits per heavy atom. The topological polar surface area (TPSA) is 9.86 Å². The van der Waals surface area contributed by atoms with Gasteiger partial charge in [0.15, 0.2) is 0 Å². The second-order valence-electron chi connectivity index (χ2n) is 20.1. The van der Waals surface area contributed by atoms with E-state index < -0.39 is 0 Å². The minimum absolute atomic E-state index is 0.164. The second-order valence-corrected chi connectivity index (χ2v) is 20.1. The molecule has 0 saturated heterocycles. The van der Waals surface area contributed by atoms with E-state index >= 15 is 0 Å². The summed E-state index contributed by atoms with van der Waals surface area (Å²) in [7, 11) is 0. The third kappa shape index (κ3) is 4.10. The van der Waals surface area contributed by atoms with E-state index in [0.717, 1.165) is 23.7 Å². The molecule has 0 N–H and O–H groups in total. The van der Waals surface area contributed by atoms with Gasteiger partial charge < -0.3 is 9.13 Å². The zero-order valence-corrected chi connectivity index (χ0v) is 35.5. The molecule has 4 fully saturated rings. The third-order valence-corrected chi connectivity index (χ3v) is 17.7. The second kappa shape index (κ2) is 11.9. The number of nitrogens with zero attached hydrogens (tertiary/aromatic N) is 2. The lowest BCUT2D eigenvalue weighted by atomic mass is 9.55. The van der Waals surface area contributed by atoms with Crippen LogP contribution >= 0.6 is 0 Å². The molecule has 6 atom stereocenters. The van der Waals surface area contributed by atoms with E-state index in [2.05, 4.69) is 203 Å². The maximum absolute atomic E-state index is 2.65. The summed E-state index contributed by atoms with van der Waals surface area (Å²) in [6, 6.07) is 73.6. The number of benzene rings is 9. The van der Waals surface area contributed by atoms with Gasteiger partial charge in [-0.3, -0.25) is 0 Å². The van der Waals surface area contributed by atoms with Crippen LogP contribution in [0.1, 0.15) is 36.8 Å². The highest BCUT2D eigenvalue weighted by atomic mass is 15.0. The van der Waals surface area contributed by atoms with Crippen molar-refractivity contribution in [2.75, 3.05) is 0 Å². The number of rotatable bonds is 4. The molecule has 2 aromatic heterocycles. The molecule has 0 radical (unpaired) electrons. The van der Waals surface area contributed by atoms with Crippen LogP contribution in [-0.2, 0) is 5.41 Å². The Bertz CT molecular complexity index is 3840. The van der Waals surface area contributed by atoms with Crippen LogP contribution in [0, 0.1) is 29.1 Å². The predicted octanol–water partition coefficient (Wildman–Crippen LogP) is 15.7. The van der Waals surface area contributed by atoms with Gasteiger partial charge in [-0.25, -0.2) is 0 Å². The molecule has 5 aliphatic carbocycles. The Hall–Kier alpha value is -7.16. The molecule has 2 heteroatoms. The molecular weight excluding hydrogens is 773 g/mol. The monoisotopic (exact) mass is 816 g/mol. The molecule has 302 valence electrons. The normalized spacial score (nSPS) is 24.4. The first kappa shape index (κ1) is 34.3. The first-order chi connectivity index (χ1) is 31.7. The summed E-state index contributed by atoms with van der Waals surface area (Å²) in [5.41, 5.74) is 19.6. The molecule has 64 heavy (non-hydrogen) atoms. The maximum Gasteiger partial charge on any atom is 0.0541 e. The van der Waals surface area contributed by atoms with E-state index in [9.17, 15) is 0 Å². The Balaban J connectivity index is 0.848. The van der Waals surface area contributed by atoms with Crippen LogP contribution in [-0.4, -0.2) is 9.13 Å².